The Morgan fingerprint density at radius 2 is 1.83 bits per heavy atom. The summed E-state index contributed by atoms with van der Waals surface area (Å²) < 4.78 is 0. The normalized spacial score (nSPS) is 10.4. The molecule has 0 saturated carbocycles. The zero-order valence-corrected chi connectivity index (χ0v) is 11.7. The van der Waals surface area contributed by atoms with Crippen LogP contribution in [0.5, 0.6) is 0 Å². The van der Waals surface area contributed by atoms with Crippen molar-refractivity contribution in [3.05, 3.63) is 53.3 Å². The number of pyridine rings is 1. The second-order valence-corrected chi connectivity index (χ2v) is 4.81. The Hall–Kier alpha value is -1.54. The van der Waals surface area contributed by atoms with Crippen molar-refractivity contribution in [2.24, 2.45) is 0 Å². The highest BCUT2D eigenvalue weighted by atomic mass is 35.5. The Bertz CT molecular complexity index is 532. The van der Waals surface area contributed by atoms with E-state index in [4.69, 9.17) is 11.6 Å². The van der Waals surface area contributed by atoms with Crippen LogP contribution < -0.4 is 4.90 Å². The molecule has 94 valence electrons. The van der Waals surface area contributed by atoms with Crippen LogP contribution >= 0.6 is 11.6 Å². The molecule has 1 aromatic heterocycles. The standard InChI is InChI=1S/C15H17ClN2/c1-11-6-12(2)8-14(7-11)18(3)15-10-17-5-4-13(15)9-16/h4-8,10H,9H2,1-3H3. The van der Waals surface area contributed by atoms with Gasteiger partial charge in [0.05, 0.1) is 11.9 Å². The minimum atomic E-state index is 0.493. The van der Waals surface area contributed by atoms with Crippen LogP contribution in [0, 0.1) is 13.8 Å². The maximum atomic E-state index is 5.97. The largest absolute Gasteiger partial charge is 0.343 e. The Morgan fingerprint density at radius 3 is 2.44 bits per heavy atom. The number of rotatable bonds is 3. The fourth-order valence-corrected chi connectivity index (χ4v) is 2.34. The summed E-state index contributed by atoms with van der Waals surface area (Å²) in [5.41, 5.74) is 5.82. The van der Waals surface area contributed by atoms with Gasteiger partial charge in [0.2, 0.25) is 0 Å². The number of hydrogen-bond donors (Lipinski definition) is 0. The average Bonchev–Trinajstić information content (AvgIpc) is 2.36. The number of hydrogen-bond acceptors (Lipinski definition) is 2. The van der Waals surface area contributed by atoms with Crippen LogP contribution in [0.2, 0.25) is 0 Å². The van der Waals surface area contributed by atoms with E-state index >= 15 is 0 Å². The fourth-order valence-electron chi connectivity index (χ4n) is 2.11. The minimum Gasteiger partial charge on any atom is -0.343 e. The van der Waals surface area contributed by atoms with Crippen LogP contribution in [-0.4, -0.2) is 12.0 Å². The van der Waals surface area contributed by atoms with Gasteiger partial charge in [-0.25, -0.2) is 0 Å². The fraction of sp³-hybridized carbons (Fsp3) is 0.267. The molecular formula is C15H17ClN2. The van der Waals surface area contributed by atoms with E-state index in [1.807, 2.05) is 19.3 Å². The van der Waals surface area contributed by atoms with E-state index in [1.54, 1.807) is 6.20 Å². The van der Waals surface area contributed by atoms with Gasteiger partial charge < -0.3 is 4.90 Å². The van der Waals surface area contributed by atoms with E-state index in [1.165, 1.54) is 11.1 Å². The Kier molecular flexibility index (Phi) is 3.87. The summed E-state index contributed by atoms with van der Waals surface area (Å²) in [7, 11) is 2.04. The number of aryl methyl sites for hydroxylation is 2. The summed E-state index contributed by atoms with van der Waals surface area (Å²) in [4.78, 5) is 6.31. The topological polar surface area (TPSA) is 16.1 Å². The van der Waals surface area contributed by atoms with Gasteiger partial charge in [0.25, 0.3) is 0 Å². The highest BCUT2D eigenvalue weighted by molar-refractivity contribution is 6.17. The third-order valence-electron chi connectivity index (χ3n) is 2.99. The molecule has 2 nitrogen and oxygen atoms in total. The molecule has 2 rings (SSSR count). The summed E-state index contributed by atoms with van der Waals surface area (Å²) in [5.74, 6) is 0.493. The lowest BCUT2D eigenvalue weighted by molar-refractivity contribution is 1.13. The third kappa shape index (κ3) is 2.65. The molecule has 0 aliphatic carbocycles. The number of anilines is 2. The Labute approximate surface area is 113 Å². The Balaban J connectivity index is 2.44. The van der Waals surface area contributed by atoms with Gasteiger partial charge in [-0.1, -0.05) is 6.07 Å². The zero-order chi connectivity index (χ0) is 13.1. The molecule has 0 unspecified atom stereocenters. The molecule has 0 aliphatic rings. The molecular weight excluding hydrogens is 244 g/mol. The van der Waals surface area contributed by atoms with Crippen molar-refractivity contribution in [2.45, 2.75) is 19.7 Å². The van der Waals surface area contributed by atoms with Crippen molar-refractivity contribution < 1.29 is 0 Å². The summed E-state index contributed by atoms with van der Waals surface area (Å²) in [6.45, 7) is 4.21. The monoisotopic (exact) mass is 260 g/mol. The molecule has 0 bridgehead atoms. The van der Waals surface area contributed by atoms with Gasteiger partial charge in [-0.05, 0) is 48.7 Å². The van der Waals surface area contributed by atoms with Crippen LogP contribution in [0.25, 0.3) is 0 Å². The highest BCUT2D eigenvalue weighted by Gasteiger charge is 2.09. The van der Waals surface area contributed by atoms with E-state index in [0.29, 0.717) is 5.88 Å². The van der Waals surface area contributed by atoms with Crippen molar-refractivity contribution in [2.75, 3.05) is 11.9 Å². The lowest BCUT2D eigenvalue weighted by Gasteiger charge is -2.22. The van der Waals surface area contributed by atoms with Crippen molar-refractivity contribution in [1.82, 2.24) is 4.98 Å². The van der Waals surface area contributed by atoms with E-state index in [-0.39, 0.29) is 0 Å². The number of alkyl halides is 1. The van der Waals surface area contributed by atoms with Gasteiger partial charge in [0, 0.05) is 24.8 Å². The lowest BCUT2D eigenvalue weighted by Crippen LogP contribution is -2.12. The first-order chi connectivity index (χ1) is 8.61. The molecule has 18 heavy (non-hydrogen) atoms. The Morgan fingerprint density at radius 1 is 1.17 bits per heavy atom. The lowest BCUT2D eigenvalue weighted by atomic mass is 10.1. The van der Waals surface area contributed by atoms with Crippen molar-refractivity contribution in [1.29, 1.82) is 0 Å². The maximum absolute atomic E-state index is 5.97. The van der Waals surface area contributed by atoms with Gasteiger partial charge in [-0.15, -0.1) is 11.6 Å². The number of nitrogens with zero attached hydrogens (tertiary/aromatic N) is 2. The molecule has 1 heterocycles. The third-order valence-corrected chi connectivity index (χ3v) is 3.27. The first kappa shape index (κ1) is 12.9. The van der Waals surface area contributed by atoms with Crippen molar-refractivity contribution in [3.63, 3.8) is 0 Å². The number of aromatic nitrogens is 1. The van der Waals surface area contributed by atoms with Crippen LogP contribution in [0.1, 0.15) is 16.7 Å². The summed E-state index contributed by atoms with van der Waals surface area (Å²) >= 11 is 5.97. The molecule has 0 radical (unpaired) electrons. The first-order valence-electron chi connectivity index (χ1n) is 5.92. The average molecular weight is 261 g/mol. The predicted molar refractivity (Wildman–Crippen MR) is 77.8 cm³/mol. The molecule has 0 spiro atoms. The SMILES string of the molecule is Cc1cc(C)cc(N(C)c2cnccc2CCl)c1. The molecule has 0 amide bonds. The molecule has 3 heteroatoms. The second-order valence-electron chi connectivity index (χ2n) is 4.54. The van der Waals surface area contributed by atoms with Crippen LogP contribution in [-0.2, 0) is 5.88 Å². The molecule has 1 aromatic carbocycles. The minimum absolute atomic E-state index is 0.493. The van der Waals surface area contributed by atoms with E-state index in [0.717, 1.165) is 16.9 Å². The smallest absolute Gasteiger partial charge is 0.0639 e. The van der Waals surface area contributed by atoms with Crippen LogP contribution in [0.3, 0.4) is 0 Å². The number of halogens is 1. The summed E-state index contributed by atoms with van der Waals surface area (Å²) in [6.07, 6.45) is 3.63. The van der Waals surface area contributed by atoms with Gasteiger partial charge >= 0.3 is 0 Å². The first-order valence-corrected chi connectivity index (χ1v) is 6.46. The molecule has 0 atom stereocenters. The van der Waals surface area contributed by atoms with E-state index in [9.17, 15) is 0 Å². The highest BCUT2D eigenvalue weighted by Crippen LogP contribution is 2.28. The van der Waals surface area contributed by atoms with E-state index in [2.05, 4.69) is 41.9 Å². The molecule has 0 saturated heterocycles. The van der Waals surface area contributed by atoms with Crippen LogP contribution in [0.15, 0.2) is 36.7 Å². The van der Waals surface area contributed by atoms with Crippen LogP contribution in [0.4, 0.5) is 11.4 Å². The zero-order valence-electron chi connectivity index (χ0n) is 10.9. The quantitative estimate of drug-likeness (QED) is 0.769. The van der Waals surface area contributed by atoms with E-state index < -0.39 is 0 Å². The molecule has 2 aromatic rings. The molecule has 0 N–H and O–H groups in total. The van der Waals surface area contributed by atoms with Gasteiger partial charge in [-0.3, -0.25) is 4.98 Å². The van der Waals surface area contributed by atoms with Crippen molar-refractivity contribution in [3.8, 4) is 0 Å². The molecule has 0 aliphatic heterocycles. The summed E-state index contributed by atoms with van der Waals surface area (Å²) in [5, 5.41) is 0. The van der Waals surface area contributed by atoms with Gasteiger partial charge in [0.15, 0.2) is 0 Å². The second kappa shape index (κ2) is 5.40. The predicted octanol–water partition coefficient (Wildman–Crippen LogP) is 4.21. The van der Waals surface area contributed by atoms with Gasteiger partial charge in [-0.2, -0.15) is 0 Å². The maximum Gasteiger partial charge on any atom is 0.0639 e. The summed E-state index contributed by atoms with van der Waals surface area (Å²) in [6, 6.07) is 8.46. The number of benzene rings is 1. The molecule has 0 fully saturated rings. The van der Waals surface area contributed by atoms with Crippen molar-refractivity contribution >= 4 is 23.0 Å². The van der Waals surface area contributed by atoms with Gasteiger partial charge in [0.1, 0.15) is 0 Å².